The van der Waals surface area contributed by atoms with Crippen molar-refractivity contribution in [3.8, 4) is 22.6 Å². The van der Waals surface area contributed by atoms with Crippen LogP contribution < -0.4 is 20.5 Å². The van der Waals surface area contributed by atoms with Gasteiger partial charge in [-0.25, -0.2) is 4.99 Å². The van der Waals surface area contributed by atoms with Crippen molar-refractivity contribution >= 4 is 34.8 Å². The van der Waals surface area contributed by atoms with Crippen molar-refractivity contribution in [3.63, 3.8) is 0 Å². The number of aliphatic hydroxyl groups excluding tert-OH is 4. The number of rotatable bonds is 15. The van der Waals surface area contributed by atoms with Gasteiger partial charge in [-0.2, -0.15) is 9.90 Å². The summed E-state index contributed by atoms with van der Waals surface area (Å²) in [5.74, 6) is -9.61. The molecule has 328 valence electrons. The summed E-state index contributed by atoms with van der Waals surface area (Å²) in [5, 5.41) is 88.3. The molecule has 10 N–H and O–H groups in total. The fraction of sp³-hybridized carbons (Fsp3) is 0.349. The van der Waals surface area contributed by atoms with Gasteiger partial charge in [0.2, 0.25) is 12.4 Å². The number of esters is 1. The number of carboxylic acid groups (broad SMARTS) is 1. The average Bonchev–Trinajstić information content (AvgIpc) is 3.82. The number of quaternary nitrogens is 1. The number of phenolic OH excluding ortho intramolecular Hbond substituents is 1. The van der Waals surface area contributed by atoms with Crippen molar-refractivity contribution in [1.29, 1.82) is 0 Å². The number of carbonyl (C=O) groups excluding carboxylic acids is 1. The molecule has 9 unspecified atom stereocenters. The minimum Gasteiger partial charge on any atom is -0.508 e. The Morgan fingerprint density at radius 1 is 1.00 bits per heavy atom. The van der Waals surface area contributed by atoms with E-state index in [1.807, 2.05) is 32.0 Å². The molecule has 9 atom stereocenters. The molecule has 1 saturated heterocycles. The molecule has 0 radical (unpaired) electrons. The molecule has 1 fully saturated rings. The minimum absolute atomic E-state index is 0.00444. The number of carboxylic acids is 1. The van der Waals surface area contributed by atoms with Gasteiger partial charge in [0, 0.05) is 36.4 Å². The monoisotopic (exact) mass is 860 g/mol. The van der Waals surface area contributed by atoms with E-state index in [2.05, 4.69) is 10.3 Å². The van der Waals surface area contributed by atoms with Crippen LogP contribution in [0.2, 0.25) is 0 Å². The number of carbonyl (C=O) groups is 2. The molecule has 3 aliphatic heterocycles. The van der Waals surface area contributed by atoms with Crippen LogP contribution in [0.3, 0.4) is 0 Å². The van der Waals surface area contributed by atoms with Gasteiger partial charge in [-0.3, -0.25) is 19.7 Å². The summed E-state index contributed by atoms with van der Waals surface area (Å²) >= 11 is 0. The van der Waals surface area contributed by atoms with Crippen molar-refractivity contribution < 1.29 is 79.0 Å². The fourth-order valence-electron chi connectivity index (χ4n) is 7.89. The zero-order valence-electron chi connectivity index (χ0n) is 33.6. The number of allylic oxidation sites excluding steroid dienone is 1. The molecule has 4 heterocycles. The Bertz CT molecular complexity index is 2500. The summed E-state index contributed by atoms with van der Waals surface area (Å²) in [7, 11) is 1.11. The van der Waals surface area contributed by atoms with E-state index in [0.29, 0.717) is 22.0 Å². The Morgan fingerprint density at radius 2 is 1.71 bits per heavy atom. The molecule has 3 aliphatic rings. The first-order valence-electron chi connectivity index (χ1n) is 19.4. The first-order valence-corrected chi connectivity index (χ1v) is 19.4. The van der Waals surface area contributed by atoms with Crippen molar-refractivity contribution in [2.45, 2.75) is 62.5 Å². The van der Waals surface area contributed by atoms with E-state index in [1.54, 1.807) is 24.4 Å². The summed E-state index contributed by atoms with van der Waals surface area (Å²) in [6.07, 6.45) is -6.09. The zero-order valence-corrected chi connectivity index (χ0v) is 33.6. The van der Waals surface area contributed by atoms with Crippen LogP contribution >= 0.6 is 0 Å². The predicted octanol–water partition coefficient (Wildman–Crippen LogP) is -0.598. The molecular formula is C43H46N3O16+. The van der Waals surface area contributed by atoms with Crippen LogP contribution in [-0.2, 0) is 23.9 Å². The number of aliphatic hydroxyl groups is 6. The maximum absolute atomic E-state index is 13.5. The summed E-state index contributed by atoms with van der Waals surface area (Å²) in [4.78, 5) is 50.3. The Labute approximate surface area is 352 Å². The van der Waals surface area contributed by atoms with Crippen LogP contribution in [0, 0.1) is 19.8 Å². The van der Waals surface area contributed by atoms with Crippen molar-refractivity contribution in [2.75, 3.05) is 26.8 Å². The fourth-order valence-corrected chi connectivity index (χ4v) is 7.89. The lowest BCUT2D eigenvalue weighted by molar-refractivity contribution is -1.04. The Balaban J connectivity index is 1.25. The molecule has 19 nitrogen and oxygen atoms in total. The zero-order chi connectivity index (χ0) is 44.7. The van der Waals surface area contributed by atoms with Crippen LogP contribution in [0.4, 0.5) is 0 Å². The highest BCUT2D eigenvalue weighted by Crippen LogP contribution is 2.36. The minimum atomic E-state index is -3.31. The van der Waals surface area contributed by atoms with Gasteiger partial charge >= 0.3 is 11.9 Å². The maximum Gasteiger partial charge on any atom is 0.327 e. The highest BCUT2D eigenvalue weighted by Gasteiger charge is 2.60. The molecule has 4 aromatic rings. The predicted molar refractivity (Wildman–Crippen MR) is 216 cm³/mol. The van der Waals surface area contributed by atoms with Crippen molar-refractivity contribution in [2.24, 2.45) is 10.9 Å². The highest BCUT2D eigenvalue weighted by atomic mass is 16.8. The van der Waals surface area contributed by atoms with E-state index >= 15 is 0 Å². The molecule has 3 aromatic carbocycles. The lowest BCUT2D eigenvalue weighted by atomic mass is 9.91. The molecule has 0 saturated carbocycles. The van der Waals surface area contributed by atoms with Gasteiger partial charge in [0.15, 0.2) is 23.1 Å². The van der Waals surface area contributed by atoms with Gasteiger partial charge in [-0.1, -0.05) is 29.3 Å². The highest BCUT2D eigenvalue weighted by molar-refractivity contribution is 5.95. The molecule has 1 aromatic heterocycles. The number of nitrogens with one attached hydrogen (secondary N) is 2. The molecule has 19 heteroatoms. The number of hydroxylamine groups is 2. The van der Waals surface area contributed by atoms with Crippen molar-refractivity contribution in [3.05, 3.63) is 111 Å². The number of hydrogen-bond donors (Lipinski definition) is 10. The van der Waals surface area contributed by atoms with Crippen LogP contribution in [-0.4, -0.2) is 128 Å². The number of ether oxygens (including phenoxy) is 3. The second kappa shape index (κ2) is 17.5. The standard InChI is InChI=1S/C43H45N3O16/c1-21-14-22(2)16-25(15-21)33-32-24(10-12-45-32)18-46(33)62-37-35(51)36(52)38(43(57,20-48)61-40(55)31(39(53)54)42(56,44-3)11-13-47)60-41(37)59-27-8-9-28-30(17-27)58-19-29(34(28)50)23-4-6-26(49)7-5-23/h4-10,12,14-17,19,31,35-38,41,44,47-49,51-52,56-57H,11,13,18,20H2,1-3H3,(H,53,54)/p+1. The Kier molecular flexibility index (Phi) is 12.5. The number of aromatic hydroxyl groups is 1. The topological polar surface area (TPSA) is 292 Å². The van der Waals surface area contributed by atoms with Crippen LogP contribution in [0.1, 0.15) is 23.1 Å². The molecule has 0 bridgehead atoms. The van der Waals surface area contributed by atoms with Crippen LogP contribution in [0.5, 0.6) is 11.5 Å². The molecule has 0 amide bonds. The van der Waals surface area contributed by atoms with E-state index in [9.17, 15) is 55.2 Å². The largest absolute Gasteiger partial charge is 0.508 e. The van der Waals surface area contributed by atoms with E-state index in [0.717, 1.165) is 29.3 Å². The number of fused-ring (bicyclic) bond motifs is 2. The van der Waals surface area contributed by atoms with E-state index in [1.165, 1.54) is 36.6 Å². The number of phenols is 1. The quantitative estimate of drug-likeness (QED) is 0.0406. The lowest BCUT2D eigenvalue weighted by Crippen LogP contribution is -3.08. The average molecular weight is 861 g/mol. The number of nitrogens with zero attached hydrogens (tertiary/aromatic N) is 1. The Hall–Kier alpha value is -5.84. The summed E-state index contributed by atoms with van der Waals surface area (Å²) in [6, 6.07) is 15.9. The van der Waals surface area contributed by atoms with Crippen molar-refractivity contribution in [1.82, 2.24) is 5.32 Å². The van der Waals surface area contributed by atoms with Gasteiger partial charge < -0.3 is 59.5 Å². The van der Waals surface area contributed by atoms with E-state index < -0.39 is 85.1 Å². The maximum atomic E-state index is 13.5. The summed E-state index contributed by atoms with van der Waals surface area (Å²) in [5.41, 5.74) is 2.32. The number of aliphatic imine (C=N–C) groups is 1. The van der Waals surface area contributed by atoms with Crippen LogP contribution in [0.15, 0.2) is 98.5 Å². The normalized spacial score (nSPS) is 24.6. The number of aryl methyl sites for hydroxylation is 2. The van der Waals surface area contributed by atoms with Gasteiger partial charge in [-0.15, -0.1) is 0 Å². The lowest BCUT2D eigenvalue weighted by Gasteiger charge is -2.46. The summed E-state index contributed by atoms with van der Waals surface area (Å²) in [6.45, 7) is 1.72. The Morgan fingerprint density at radius 3 is 2.35 bits per heavy atom. The number of aliphatic carboxylic acids is 1. The SMILES string of the molecule is CNC(O)(CCO)C(C(=O)O)C(=O)OC(O)(CO)C1OC(Oc2ccc3c(=O)c(-c4ccc(O)cc4)coc3c2)C(O[NH+]2CC3=CC=NC3=C2c2cc(C)cc(C)c2)C(O)C1O. The van der Waals surface area contributed by atoms with Gasteiger partial charge in [0.25, 0.3) is 5.79 Å². The molecule has 62 heavy (non-hydrogen) atoms. The number of hydrogen-bond acceptors (Lipinski definition) is 17. The third-order valence-electron chi connectivity index (χ3n) is 11.0. The van der Waals surface area contributed by atoms with E-state index in [-0.39, 0.29) is 34.6 Å². The molecule has 7 rings (SSSR count). The number of benzene rings is 3. The second-order valence-corrected chi connectivity index (χ2v) is 15.3. The first-order chi connectivity index (χ1) is 29.5. The second-order valence-electron chi connectivity index (χ2n) is 15.3. The third-order valence-corrected chi connectivity index (χ3v) is 11.0. The smallest absolute Gasteiger partial charge is 0.327 e. The van der Waals surface area contributed by atoms with Gasteiger partial charge in [0.05, 0.1) is 10.9 Å². The molecule has 0 aliphatic carbocycles. The third kappa shape index (κ3) is 8.38. The van der Waals surface area contributed by atoms with Crippen LogP contribution in [0.25, 0.3) is 27.8 Å². The molecule has 0 spiro atoms. The summed E-state index contributed by atoms with van der Waals surface area (Å²) < 4.78 is 23.2. The van der Waals surface area contributed by atoms with Gasteiger partial charge in [-0.05, 0) is 68.9 Å². The van der Waals surface area contributed by atoms with E-state index in [4.69, 9.17) is 23.5 Å². The van der Waals surface area contributed by atoms with Gasteiger partial charge in [0.1, 0.15) is 60.1 Å². The first kappa shape index (κ1) is 44.2. The molecular weight excluding hydrogens is 814 g/mol.